The summed E-state index contributed by atoms with van der Waals surface area (Å²) < 4.78 is 10.9. The van der Waals surface area contributed by atoms with Gasteiger partial charge < -0.3 is 14.6 Å². The van der Waals surface area contributed by atoms with Gasteiger partial charge >= 0.3 is 11.8 Å². The maximum Gasteiger partial charge on any atom is 0.315 e. The molecule has 2 aromatic rings. The second-order valence-electron chi connectivity index (χ2n) is 6.28. The Labute approximate surface area is 134 Å². The first-order valence-corrected chi connectivity index (χ1v) is 8.12. The van der Waals surface area contributed by atoms with E-state index in [2.05, 4.69) is 15.5 Å². The van der Waals surface area contributed by atoms with Crippen molar-refractivity contribution in [2.45, 2.75) is 38.1 Å². The van der Waals surface area contributed by atoms with Crippen LogP contribution in [0.15, 0.2) is 28.8 Å². The Morgan fingerprint density at radius 2 is 2.09 bits per heavy atom. The zero-order chi connectivity index (χ0) is 15.6. The van der Waals surface area contributed by atoms with Crippen LogP contribution in [0.1, 0.15) is 53.7 Å². The minimum atomic E-state index is -0.346. The zero-order valence-electron chi connectivity index (χ0n) is 12.8. The zero-order valence-corrected chi connectivity index (χ0v) is 12.8. The normalized spacial score (nSPS) is 17.0. The maximum absolute atomic E-state index is 12.1. The van der Waals surface area contributed by atoms with E-state index in [1.165, 1.54) is 12.8 Å². The van der Waals surface area contributed by atoms with Gasteiger partial charge in [-0.25, -0.2) is 0 Å². The number of amides is 1. The molecular weight excluding hydrogens is 294 g/mol. The van der Waals surface area contributed by atoms with E-state index in [1.54, 1.807) is 0 Å². The molecule has 120 valence electrons. The van der Waals surface area contributed by atoms with Crippen molar-refractivity contribution in [3.05, 3.63) is 41.5 Å². The number of carbonyl (C=O) groups is 1. The predicted octanol–water partition coefficient (Wildman–Crippen LogP) is 2.67. The van der Waals surface area contributed by atoms with Gasteiger partial charge in [-0.2, -0.15) is 4.98 Å². The smallest absolute Gasteiger partial charge is 0.315 e. The molecule has 0 saturated heterocycles. The van der Waals surface area contributed by atoms with E-state index in [0.29, 0.717) is 24.2 Å². The van der Waals surface area contributed by atoms with Gasteiger partial charge in [0.1, 0.15) is 5.75 Å². The quantitative estimate of drug-likeness (QED) is 0.850. The van der Waals surface area contributed by atoms with Crippen LogP contribution in [0.2, 0.25) is 0 Å². The van der Waals surface area contributed by atoms with E-state index in [4.69, 9.17) is 9.26 Å². The number of aromatic nitrogens is 2. The molecule has 6 heteroatoms. The number of benzene rings is 1. The van der Waals surface area contributed by atoms with Crippen LogP contribution in [0, 0.1) is 5.92 Å². The number of nitrogens with zero attached hydrogens (tertiary/aromatic N) is 2. The van der Waals surface area contributed by atoms with Crippen LogP contribution in [0.3, 0.4) is 0 Å². The standard InChI is InChI=1S/C17H19N3O3/c21-16(17-19-15(20-23-17)12-7-8-12)18-9-13-3-1-2-4-14(13)22-10-11-5-6-11/h1-4,11-12H,5-10H2,(H,18,21). The average Bonchev–Trinajstić information content (AvgIpc) is 3.51. The van der Waals surface area contributed by atoms with Gasteiger partial charge in [0.15, 0.2) is 5.82 Å². The van der Waals surface area contributed by atoms with E-state index in [-0.39, 0.29) is 11.8 Å². The third-order valence-electron chi connectivity index (χ3n) is 4.16. The minimum absolute atomic E-state index is 0.0308. The summed E-state index contributed by atoms with van der Waals surface area (Å²) in [5.74, 6) is 2.21. The average molecular weight is 313 g/mol. The summed E-state index contributed by atoms with van der Waals surface area (Å²) in [6.45, 7) is 1.13. The Balaban J connectivity index is 1.36. The molecule has 1 aromatic carbocycles. The molecule has 1 N–H and O–H groups in total. The van der Waals surface area contributed by atoms with E-state index in [0.717, 1.165) is 30.8 Å². The van der Waals surface area contributed by atoms with Crippen LogP contribution >= 0.6 is 0 Å². The van der Waals surface area contributed by atoms with Crippen LogP contribution in [0.4, 0.5) is 0 Å². The molecule has 4 rings (SSSR count). The van der Waals surface area contributed by atoms with Gasteiger partial charge in [0.25, 0.3) is 0 Å². The molecule has 0 aliphatic heterocycles. The fourth-order valence-corrected chi connectivity index (χ4v) is 2.37. The number of hydrogen-bond donors (Lipinski definition) is 1. The lowest BCUT2D eigenvalue weighted by molar-refractivity contribution is 0.0906. The van der Waals surface area contributed by atoms with Gasteiger partial charge in [-0.15, -0.1) is 0 Å². The Morgan fingerprint density at radius 1 is 1.26 bits per heavy atom. The Hall–Kier alpha value is -2.37. The van der Waals surface area contributed by atoms with Crippen LogP contribution in [0.25, 0.3) is 0 Å². The van der Waals surface area contributed by atoms with Crippen LogP contribution in [0.5, 0.6) is 5.75 Å². The largest absolute Gasteiger partial charge is 0.493 e. The molecule has 2 aliphatic rings. The maximum atomic E-state index is 12.1. The van der Waals surface area contributed by atoms with Gasteiger partial charge in [0.2, 0.25) is 0 Å². The van der Waals surface area contributed by atoms with E-state index in [1.807, 2.05) is 24.3 Å². The number of ether oxygens (including phenoxy) is 1. The molecule has 1 heterocycles. The molecule has 0 unspecified atom stereocenters. The second-order valence-corrected chi connectivity index (χ2v) is 6.28. The number of rotatable bonds is 7. The number of carbonyl (C=O) groups excluding carboxylic acids is 1. The summed E-state index contributed by atoms with van der Waals surface area (Å²) in [4.78, 5) is 16.3. The second kappa shape index (κ2) is 6.02. The third-order valence-corrected chi connectivity index (χ3v) is 4.16. The highest BCUT2D eigenvalue weighted by Gasteiger charge is 2.30. The molecule has 2 aliphatic carbocycles. The number of hydrogen-bond acceptors (Lipinski definition) is 5. The summed E-state index contributed by atoms with van der Waals surface area (Å²) in [7, 11) is 0. The summed E-state index contributed by atoms with van der Waals surface area (Å²) in [6.07, 6.45) is 4.65. The lowest BCUT2D eigenvalue weighted by Crippen LogP contribution is -2.23. The molecule has 2 saturated carbocycles. The molecule has 1 aromatic heterocycles. The van der Waals surface area contributed by atoms with Gasteiger partial charge in [-0.05, 0) is 37.7 Å². The fourth-order valence-electron chi connectivity index (χ4n) is 2.37. The van der Waals surface area contributed by atoms with Crippen molar-refractivity contribution in [3.8, 4) is 5.75 Å². The van der Waals surface area contributed by atoms with Crippen molar-refractivity contribution in [1.29, 1.82) is 0 Å². The first-order valence-electron chi connectivity index (χ1n) is 8.12. The molecule has 6 nitrogen and oxygen atoms in total. The van der Waals surface area contributed by atoms with Crippen LogP contribution in [-0.2, 0) is 6.54 Å². The molecule has 0 spiro atoms. The van der Waals surface area contributed by atoms with Gasteiger partial charge in [0.05, 0.1) is 6.61 Å². The van der Waals surface area contributed by atoms with Gasteiger partial charge in [-0.3, -0.25) is 4.79 Å². The summed E-state index contributed by atoms with van der Waals surface area (Å²) in [5, 5.41) is 6.67. The van der Waals surface area contributed by atoms with Gasteiger partial charge in [-0.1, -0.05) is 23.4 Å². The third kappa shape index (κ3) is 3.52. The first-order chi connectivity index (χ1) is 11.3. The SMILES string of the molecule is O=C(NCc1ccccc1OCC1CC1)c1nc(C2CC2)no1. The van der Waals surface area contributed by atoms with Crippen molar-refractivity contribution in [3.63, 3.8) is 0 Å². The molecular formula is C17H19N3O3. The van der Waals surface area contributed by atoms with Crippen molar-refractivity contribution in [2.75, 3.05) is 6.61 Å². The van der Waals surface area contributed by atoms with Crippen molar-refractivity contribution in [2.24, 2.45) is 5.92 Å². The van der Waals surface area contributed by atoms with Crippen molar-refractivity contribution >= 4 is 5.91 Å². The Morgan fingerprint density at radius 3 is 2.87 bits per heavy atom. The highest BCUT2D eigenvalue weighted by Crippen LogP contribution is 2.38. The molecule has 0 bridgehead atoms. The van der Waals surface area contributed by atoms with Crippen molar-refractivity contribution in [1.82, 2.24) is 15.5 Å². The molecule has 0 radical (unpaired) electrons. The molecule has 2 fully saturated rings. The highest BCUT2D eigenvalue weighted by molar-refractivity contribution is 5.89. The summed E-state index contributed by atoms with van der Waals surface area (Å²) in [5.41, 5.74) is 0.948. The predicted molar refractivity (Wildman–Crippen MR) is 82.1 cm³/mol. The highest BCUT2D eigenvalue weighted by atomic mass is 16.5. The van der Waals surface area contributed by atoms with E-state index >= 15 is 0 Å². The topological polar surface area (TPSA) is 77.2 Å². The fraction of sp³-hybridized carbons (Fsp3) is 0.471. The summed E-state index contributed by atoms with van der Waals surface area (Å²) in [6, 6.07) is 7.75. The molecule has 0 atom stereocenters. The lowest BCUT2D eigenvalue weighted by Gasteiger charge is -2.11. The lowest BCUT2D eigenvalue weighted by atomic mass is 10.2. The summed E-state index contributed by atoms with van der Waals surface area (Å²) >= 11 is 0. The first kappa shape index (κ1) is 14.2. The van der Waals surface area contributed by atoms with Gasteiger partial charge in [0, 0.05) is 18.0 Å². The van der Waals surface area contributed by atoms with Crippen molar-refractivity contribution < 1.29 is 14.1 Å². The minimum Gasteiger partial charge on any atom is -0.493 e. The van der Waals surface area contributed by atoms with Crippen LogP contribution in [-0.4, -0.2) is 22.7 Å². The van der Waals surface area contributed by atoms with E-state index < -0.39 is 0 Å². The monoisotopic (exact) mass is 313 g/mol. The number of para-hydroxylation sites is 1. The Kier molecular flexibility index (Phi) is 3.73. The van der Waals surface area contributed by atoms with E-state index in [9.17, 15) is 4.79 Å². The number of nitrogens with one attached hydrogen (secondary N) is 1. The van der Waals surface area contributed by atoms with Crippen LogP contribution < -0.4 is 10.1 Å². The Bertz CT molecular complexity index is 705. The molecule has 23 heavy (non-hydrogen) atoms. The molecule has 1 amide bonds.